The first-order valence-electron chi connectivity index (χ1n) is 9.82. The largest absolute Gasteiger partial charge is 0.342 e. The van der Waals surface area contributed by atoms with E-state index < -0.39 is 14.9 Å². The van der Waals surface area contributed by atoms with E-state index in [0.717, 1.165) is 18.4 Å². The monoisotopic (exact) mass is 431 g/mol. The lowest BCUT2D eigenvalue weighted by Gasteiger charge is -2.33. The third kappa shape index (κ3) is 5.64. The number of aryl methyl sites for hydroxylation is 1. The number of likely N-dealkylation sites (tertiary alicyclic amines) is 1. The van der Waals surface area contributed by atoms with Crippen LogP contribution in [0.15, 0.2) is 53.4 Å². The zero-order chi connectivity index (χ0) is 21.7. The van der Waals surface area contributed by atoms with Crippen molar-refractivity contribution >= 4 is 21.6 Å². The van der Waals surface area contributed by atoms with E-state index in [1.807, 2.05) is 6.92 Å². The predicted octanol–water partition coefficient (Wildman–Crippen LogP) is 2.66. The Kier molecular flexibility index (Phi) is 6.84. The fraction of sp³-hybridized carbons (Fsp3) is 0.381. The van der Waals surface area contributed by atoms with Gasteiger partial charge in [-0.05, 0) is 43.4 Å². The van der Waals surface area contributed by atoms with Crippen molar-refractivity contribution in [3.05, 3.63) is 69.8 Å². The topological polar surface area (TPSA) is 110 Å². The molecule has 1 aliphatic rings. The molecule has 0 saturated carbocycles. The molecule has 1 heterocycles. The summed E-state index contributed by atoms with van der Waals surface area (Å²) in [5, 5.41) is 10.7. The van der Waals surface area contributed by atoms with Gasteiger partial charge in [-0.1, -0.05) is 29.8 Å². The number of amides is 1. The van der Waals surface area contributed by atoms with Gasteiger partial charge in [-0.25, -0.2) is 13.1 Å². The molecule has 0 aromatic heterocycles. The number of benzene rings is 2. The Bertz CT molecular complexity index is 1000. The normalized spacial score (nSPS) is 17.0. The maximum absolute atomic E-state index is 12.6. The van der Waals surface area contributed by atoms with Gasteiger partial charge in [0.25, 0.3) is 5.69 Å². The van der Waals surface area contributed by atoms with Gasteiger partial charge in [0.15, 0.2) is 0 Å². The van der Waals surface area contributed by atoms with E-state index in [2.05, 4.69) is 4.72 Å². The third-order valence-corrected chi connectivity index (χ3v) is 6.71. The molecule has 1 atom stereocenters. The molecule has 1 amide bonds. The van der Waals surface area contributed by atoms with Gasteiger partial charge < -0.3 is 4.90 Å². The third-order valence-electron chi connectivity index (χ3n) is 5.27. The summed E-state index contributed by atoms with van der Waals surface area (Å²) in [5.41, 5.74) is 1.70. The first-order valence-corrected chi connectivity index (χ1v) is 11.3. The average Bonchev–Trinajstić information content (AvgIpc) is 2.73. The van der Waals surface area contributed by atoms with Crippen molar-refractivity contribution in [1.82, 2.24) is 9.62 Å². The number of carbonyl (C=O) groups is 1. The van der Waals surface area contributed by atoms with Crippen LogP contribution in [0.5, 0.6) is 0 Å². The van der Waals surface area contributed by atoms with Crippen molar-refractivity contribution in [2.75, 3.05) is 19.6 Å². The summed E-state index contributed by atoms with van der Waals surface area (Å²) in [6.45, 7) is 3.29. The van der Waals surface area contributed by atoms with Crippen LogP contribution in [-0.4, -0.2) is 43.8 Å². The van der Waals surface area contributed by atoms with Crippen LogP contribution in [0.2, 0.25) is 0 Å². The smallest absolute Gasteiger partial charge is 0.269 e. The number of carbonyl (C=O) groups excluding carboxylic acids is 1. The Hall–Kier alpha value is -2.78. The van der Waals surface area contributed by atoms with Crippen LogP contribution in [0.4, 0.5) is 5.69 Å². The van der Waals surface area contributed by atoms with Crippen LogP contribution in [-0.2, 0) is 21.2 Å². The Labute approximate surface area is 176 Å². The van der Waals surface area contributed by atoms with E-state index in [0.29, 0.717) is 18.7 Å². The van der Waals surface area contributed by atoms with E-state index in [1.165, 1.54) is 12.1 Å². The molecule has 0 spiro atoms. The van der Waals surface area contributed by atoms with Crippen molar-refractivity contribution in [3.8, 4) is 0 Å². The highest BCUT2D eigenvalue weighted by atomic mass is 32.2. The number of non-ortho nitro benzene ring substituents is 1. The molecule has 1 fully saturated rings. The molecule has 9 heteroatoms. The second-order valence-corrected chi connectivity index (χ2v) is 9.38. The number of nitrogens with one attached hydrogen (secondary N) is 1. The molecule has 1 aliphatic heterocycles. The fourth-order valence-corrected chi connectivity index (χ4v) is 4.62. The van der Waals surface area contributed by atoms with E-state index >= 15 is 0 Å². The van der Waals surface area contributed by atoms with Crippen LogP contribution in [0.3, 0.4) is 0 Å². The number of hydrogen-bond donors (Lipinski definition) is 1. The number of sulfonamides is 1. The molecule has 1 unspecified atom stereocenters. The average molecular weight is 432 g/mol. The lowest BCUT2D eigenvalue weighted by Crippen LogP contribution is -2.44. The van der Waals surface area contributed by atoms with Crippen LogP contribution in [0.1, 0.15) is 24.0 Å². The van der Waals surface area contributed by atoms with Crippen molar-refractivity contribution in [2.24, 2.45) is 5.92 Å². The van der Waals surface area contributed by atoms with Crippen molar-refractivity contribution in [3.63, 3.8) is 0 Å². The Morgan fingerprint density at radius 1 is 1.17 bits per heavy atom. The van der Waals surface area contributed by atoms with E-state index in [1.54, 1.807) is 41.3 Å². The van der Waals surface area contributed by atoms with E-state index in [4.69, 9.17) is 0 Å². The zero-order valence-electron chi connectivity index (χ0n) is 16.8. The van der Waals surface area contributed by atoms with Gasteiger partial charge in [0.1, 0.15) is 0 Å². The van der Waals surface area contributed by atoms with Gasteiger partial charge in [0.05, 0.1) is 16.2 Å². The van der Waals surface area contributed by atoms with E-state index in [9.17, 15) is 23.3 Å². The van der Waals surface area contributed by atoms with Gasteiger partial charge in [0, 0.05) is 31.8 Å². The summed E-state index contributed by atoms with van der Waals surface area (Å²) in [4.78, 5) is 24.9. The maximum atomic E-state index is 12.6. The molecule has 160 valence electrons. The SMILES string of the molecule is Cc1ccc(S(=O)(=O)NCC2CCCN(C(=O)Cc3ccc([N+](=O)[O-])cc3)C2)cc1. The summed E-state index contributed by atoms with van der Waals surface area (Å²) in [7, 11) is -3.58. The first kappa shape index (κ1) is 21.9. The van der Waals surface area contributed by atoms with Crippen molar-refractivity contribution in [2.45, 2.75) is 31.1 Å². The summed E-state index contributed by atoms with van der Waals surface area (Å²) in [5.74, 6) is -0.0188. The number of nitro groups is 1. The van der Waals surface area contributed by atoms with Crippen molar-refractivity contribution in [1.29, 1.82) is 0 Å². The summed E-state index contributed by atoms with van der Waals surface area (Å²) in [6, 6.07) is 12.6. The number of piperidine rings is 1. The van der Waals surface area contributed by atoms with Gasteiger partial charge >= 0.3 is 0 Å². The van der Waals surface area contributed by atoms with Gasteiger partial charge in [-0.15, -0.1) is 0 Å². The van der Waals surface area contributed by atoms with Crippen LogP contribution >= 0.6 is 0 Å². The van der Waals surface area contributed by atoms with Crippen LogP contribution < -0.4 is 4.72 Å². The highest BCUT2D eigenvalue weighted by Crippen LogP contribution is 2.19. The number of hydrogen-bond acceptors (Lipinski definition) is 5. The molecule has 8 nitrogen and oxygen atoms in total. The minimum atomic E-state index is -3.58. The summed E-state index contributed by atoms with van der Waals surface area (Å²) >= 11 is 0. The summed E-state index contributed by atoms with van der Waals surface area (Å²) in [6.07, 6.45) is 1.82. The first-order chi connectivity index (χ1) is 14.2. The molecule has 1 N–H and O–H groups in total. The molecule has 2 aromatic rings. The predicted molar refractivity (Wildman–Crippen MR) is 112 cm³/mol. The molecule has 0 aliphatic carbocycles. The van der Waals surface area contributed by atoms with Gasteiger partial charge in [0.2, 0.25) is 15.9 Å². The Morgan fingerprint density at radius 3 is 2.47 bits per heavy atom. The molecule has 0 bridgehead atoms. The molecule has 3 rings (SSSR count). The van der Waals surface area contributed by atoms with Crippen LogP contribution in [0, 0.1) is 23.0 Å². The number of rotatable bonds is 7. The number of nitro benzene ring substituents is 1. The second-order valence-electron chi connectivity index (χ2n) is 7.61. The van der Waals surface area contributed by atoms with Gasteiger partial charge in [-0.3, -0.25) is 14.9 Å². The zero-order valence-corrected chi connectivity index (χ0v) is 17.6. The quantitative estimate of drug-likeness (QED) is 0.535. The molecule has 0 radical (unpaired) electrons. The number of nitrogens with zero attached hydrogens (tertiary/aromatic N) is 2. The van der Waals surface area contributed by atoms with E-state index in [-0.39, 0.29) is 35.4 Å². The molecule has 30 heavy (non-hydrogen) atoms. The fourth-order valence-electron chi connectivity index (χ4n) is 3.51. The summed E-state index contributed by atoms with van der Waals surface area (Å²) < 4.78 is 27.6. The minimum Gasteiger partial charge on any atom is -0.342 e. The molecule has 2 aromatic carbocycles. The molecular formula is C21H25N3O5S. The van der Waals surface area contributed by atoms with Crippen LogP contribution in [0.25, 0.3) is 0 Å². The lowest BCUT2D eigenvalue weighted by molar-refractivity contribution is -0.384. The van der Waals surface area contributed by atoms with Crippen molar-refractivity contribution < 1.29 is 18.1 Å². The minimum absolute atomic E-state index is 0.00917. The maximum Gasteiger partial charge on any atom is 0.269 e. The molecule has 1 saturated heterocycles. The lowest BCUT2D eigenvalue weighted by atomic mass is 9.97. The Morgan fingerprint density at radius 2 is 1.83 bits per heavy atom. The second kappa shape index (κ2) is 9.36. The highest BCUT2D eigenvalue weighted by molar-refractivity contribution is 7.89. The molecular weight excluding hydrogens is 406 g/mol. The van der Waals surface area contributed by atoms with Gasteiger partial charge in [-0.2, -0.15) is 0 Å². The highest BCUT2D eigenvalue weighted by Gasteiger charge is 2.25. The Balaban J connectivity index is 1.55. The standard InChI is InChI=1S/C21H25N3O5S/c1-16-4-10-20(11-5-16)30(28,29)22-14-18-3-2-12-23(15-18)21(25)13-17-6-8-19(9-7-17)24(26)27/h4-11,18,22H,2-3,12-15H2,1H3.